The fraction of sp³-hybridized carbons (Fsp3) is 0.500. The summed E-state index contributed by atoms with van der Waals surface area (Å²) in [6, 6.07) is 4.57. The van der Waals surface area contributed by atoms with Crippen LogP contribution >= 0.6 is 0 Å². The first-order valence-electron chi connectivity index (χ1n) is 7.49. The molecule has 1 aromatic rings. The predicted molar refractivity (Wildman–Crippen MR) is 81.4 cm³/mol. The van der Waals surface area contributed by atoms with Crippen molar-refractivity contribution in [3.8, 4) is 11.5 Å². The zero-order valence-electron chi connectivity index (χ0n) is 13.3. The molecule has 1 amide bonds. The van der Waals surface area contributed by atoms with Gasteiger partial charge in [0.1, 0.15) is 0 Å². The molecule has 0 radical (unpaired) electrons. The minimum Gasteiger partial charge on any atom is -0.469 e. The van der Waals surface area contributed by atoms with Gasteiger partial charge in [-0.2, -0.15) is 0 Å². The summed E-state index contributed by atoms with van der Waals surface area (Å²) in [6.07, 6.45) is 0.650. The summed E-state index contributed by atoms with van der Waals surface area (Å²) in [6.45, 7) is 2.01. The summed E-state index contributed by atoms with van der Waals surface area (Å²) < 4.78 is 15.1. The molecule has 23 heavy (non-hydrogen) atoms. The first-order valence-corrected chi connectivity index (χ1v) is 7.49. The van der Waals surface area contributed by atoms with E-state index in [9.17, 15) is 14.7 Å². The van der Waals surface area contributed by atoms with E-state index < -0.39 is 5.97 Å². The molecule has 1 heterocycles. The number of ether oxygens (including phenoxy) is 3. The Balaban J connectivity index is 2.19. The normalized spacial score (nSPS) is 13.5. The average Bonchev–Trinajstić information content (AvgIpc) is 3.05. The third-order valence-corrected chi connectivity index (χ3v) is 3.79. The van der Waals surface area contributed by atoms with Crippen molar-refractivity contribution in [2.75, 3.05) is 27.1 Å². The molecule has 1 N–H and O–H groups in total. The zero-order chi connectivity index (χ0) is 16.8. The van der Waals surface area contributed by atoms with Crippen molar-refractivity contribution in [1.29, 1.82) is 0 Å². The Morgan fingerprint density at radius 3 is 2.74 bits per heavy atom. The highest BCUT2D eigenvalue weighted by Crippen LogP contribution is 2.33. The van der Waals surface area contributed by atoms with Gasteiger partial charge in [0.05, 0.1) is 26.2 Å². The van der Waals surface area contributed by atoms with Crippen molar-refractivity contribution in [2.24, 2.45) is 0 Å². The van der Waals surface area contributed by atoms with E-state index in [1.165, 1.54) is 12.0 Å². The molecular weight excluding hydrogens is 302 g/mol. The molecular formula is C16H21NO6. The van der Waals surface area contributed by atoms with Crippen LogP contribution in [-0.2, 0) is 9.53 Å². The molecule has 2 rings (SSSR count). The molecule has 0 fully saturated rings. The molecule has 1 unspecified atom stereocenters. The van der Waals surface area contributed by atoms with E-state index in [1.54, 1.807) is 18.2 Å². The number of carbonyl (C=O) groups excluding carboxylic acids is 2. The second-order valence-corrected chi connectivity index (χ2v) is 5.14. The Kier molecular flexibility index (Phi) is 5.81. The second kappa shape index (κ2) is 7.82. The molecule has 1 aromatic carbocycles. The highest BCUT2D eigenvalue weighted by atomic mass is 16.7. The Morgan fingerprint density at radius 1 is 1.35 bits per heavy atom. The van der Waals surface area contributed by atoms with E-state index in [1.807, 2.05) is 6.92 Å². The molecule has 7 nitrogen and oxygen atoms in total. The fourth-order valence-electron chi connectivity index (χ4n) is 2.41. The van der Waals surface area contributed by atoms with E-state index in [0.29, 0.717) is 23.5 Å². The van der Waals surface area contributed by atoms with E-state index in [0.717, 1.165) is 0 Å². The predicted octanol–water partition coefficient (Wildman–Crippen LogP) is 1.19. The van der Waals surface area contributed by atoms with Crippen molar-refractivity contribution in [1.82, 2.24) is 4.90 Å². The van der Waals surface area contributed by atoms with Crippen molar-refractivity contribution in [2.45, 2.75) is 25.8 Å². The number of esters is 1. The summed E-state index contributed by atoms with van der Waals surface area (Å²) in [5, 5.41) is 9.51. The van der Waals surface area contributed by atoms with Crippen LogP contribution in [0.2, 0.25) is 0 Å². The summed E-state index contributed by atoms with van der Waals surface area (Å²) in [7, 11) is 1.30. The Morgan fingerprint density at radius 2 is 2.09 bits per heavy atom. The molecule has 0 aliphatic carbocycles. The molecule has 1 aliphatic rings. The smallest absolute Gasteiger partial charge is 0.307 e. The number of hydrogen-bond donors (Lipinski definition) is 1. The van der Waals surface area contributed by atoms with Crippen molar-refractivity contribution in [3.05, 3.63) is 23.8 Å². The average molecular weight is 323 g/mol. The number of aliphatic hydroxyl groups excluding tert-OH is 1. The maximum Gasteiger partial charge on any atom is 0.307 e. The second-order valence-electron chi connectivity index (χ2n) is 5.14. The number of hydrogen-bond acceptors (Lipinski definition) is 6. The lowest BCUT2D eigenvalue weighted by Crippen LogP contribution is -2.43. The molecule has 0 aromatic heterocycles. The van der Waals surface area contributed by atoms with Gasteiger partial charge in [0.25, 0.3) is 5.91 Å². The molecule has 0 saturated heterocycles. The number of amides is 1. The Hall–Kier alpha value is -2.28. The fourth-order valence-corrected chi connectivity index (χ4v) is 2.41. The van der Waals surface area contributed by atoms with Crippen molar-refractivity contribution < 1.29 is 28.9 Å². The van der Waals surface area contributed by atoms with Gasteiger partial charge in [-0.25, -0.2) is 0 Å². The standard InChI is InChI=1S/C16H21NO6/c1-3-12(9-18)17(7-6-15(19)21-2)16(20)11-4-5-13-14(8-11)23-10-22-13/h4-5,8,12,18H,3,6-7,9-10H2,1-2H3. The third kappa shape index (κ3) is 3.92. The lowest BCUT2D eigenvalue weighted by Gasteiger charge is -2.29. The molecule has 0 spiro atoms. The molecule has 1 aliphatic heterocycles. The molecule has 1 atom stereocenters. The van der Waals surface area contributed by atoms with Gasteiger partial charge in [0.2, 0.25) is 6.79 Å². The van der Waals surface area contributed by atoms with Gasteiger partial charge >= 0.3 is 5.97 Å². The first kappa shape index (κ1) is 17.1. The number of methoxy groups -OCH3 is 1. The summed E-state index contributed by atoms with van der Waals surface area (Å²) >= 11 is 0. The number of nitrogens with zero attached hydrogens (tertiary/aromatic N) is 1. The molecule has 0 bridgehead atoms. The van der Waals surface area contributed by atoms with Crippen LogP contribution in [0, 0.1) is 0 Å². The lowest BCUT2D eigenvalue weighted by molar-refractivity contribution is -0.140. The van der Waals surface area contributed by atoms with Crippen LogP contribution in [0.15, 0.2) is 18.2 Å². The minimum atomic E-state index is -0.402. The largest absolute Gasteiger partial charge is 0.469 e. The van der Waals surface area contributed by atoms with Gasteiger partial charge in [0, 0.05) is 12.1 Å². The van der Waals surface area contributed by atoms with Crippen LogP contribution in [0.3, 0.4) is 0 Å². The van der Waals surface area contributed by atoms with E-state index >= 15 is 0 Å². The van der Waals surface area contributed by atoms with Crippen LogP contribution in [0.1, 0.15) is 30.1 Å². The highest BCUT2D eigenvalue weighted by Gasteiger charge is 2.25. The maximum atomic E-state index is 12.8. The van der Waals surface area contributed by atoms with Gasteiger partial charge in [0.15, 0.2) is 11.5 Å². The Bertz CT molecular complexity index is 570. The van der Waals surface area contributed by atoms with Crippen LogP contribution in [-0.4, -0.2) is 55.0 Å². The molecule has 0 saturated carbocycles. The zero-order valence-corrected chi connectivity index (χ0v) is 13.3. The monoisotopic (exact) mass is 323 g/mol. The third-order valence-electron chi connectivity index (χ3n) is 3.79. The van der Waals surface area contributed by atoms with E-state index in [4.69, 9.17) is 9.47 Å². The van der Waals surface area contributed by atoms with Gasteiger partial charge in [-0.05, 0) is 24.6 Å². The summed E-state index contributed by atoms with van der Waals surface area (Å²) in [4.78, 5) is 25.6. The van der Waals surface area contributed by atoms with E-state index in [2.05, 4.69) is 4.74 Å². The van der Waals surface area contributed by atoms with Gasteiger partial charge in [-0.3, -0.25) is 9.59 Å². The van der Waals surface area contributed by atoms with Gasteiger partial charge in [-0.1, -0.05) is 6.92 Å². The number of rotatable bonds is 7. The summed E-state index contributed by atoms with van der Waals surface area (Å²) in [5.74, 6) is 0.437. The number of aliphatic hydroxyl groups is 1. The van der Waals surface area contributed by atoms with Crippen LogP contribution in [0.4, 0.5) is 0 Å². The minimum absolute atomic E-state index is 0.0727. The molecule has 126 valence electrons. The van der Waals surface area contributed by atoms with Gasteiger partial charge in [-0.15, -0.1) is 0 Å². The quantitative estimate of drug-likeness (QED) is 0.759. The number of fused-ring (bicyclic) bond motifs is 1. The Labute approximate surface area is 134 Å². The van der Waals surface area contributed by atoms with Crippen LogP contribution < -0.4 is 9.47 Å². The maximum absolute atomic E-state index is 12.8. The summed E-state index contributed by atoms with van der Waals surface area (Å²) in [5.41, 5.74) is 0.422. The van der Waals surface area contributed by atoms with Crippen molar-refractivity contribution in [3.63, 3.8) is 0 Å². The SMILES string of the molecule is CCC(CO)N(CCC(=O)OC)C(=O)c1ccc2c(c1)OCO2. The molecule has 7 heteroatoms. The highest BCUT2D eigenvalue weighted by molar-refractivity contribution is 5.95. The van der Waals surface area contributed by atoms with E-state index in [-0.39, 0.29) is 38.3 Å². The topological polar surface area (TPSA) is 85.3 Å². The first-order chi connectivity index (χ1) is 11.1. The number of carbonyl (C=O) groups is 2. The van der Waals surface area contributed by atoms with Crippen LogP contribution in [0.25, 0.3) is 0 Å². The van der Waals surface area contributed by atoms with Gasteiger partial charge < -0.3 is 24.2 Å². The van der Waals surface area contributed by atoms with Crippen molar-refractivity contribution >= 4 is 11.9 Å². The van der Waals surface area contributed by atoms with Crippen LogP contribution in [0.5, 0.6) is 11.5 Å². The lowest BCUT2D eigenvalue weighted by atomic mass is 10.1. The number of benzene rings is 1.